The molecular weight excluding hydrogens is 464 g/mol. The van der Waals surface area contributed by atoms with E-state index in [-0.39, 0.29) is 30.2 Å². The van der Waals surface area contributed by atoms with Gasteiger partial charge in [0.2, 0.25) is 0 Å². The zero-order valence-electron chi connectivity index (χ0n) is 20.0. The molecule has 10 heteroatoms. The second kappa shape index (κ2) is 9.73. The topological polar surface area (TPSA) is 125 Å². The molecular formula is C26H26N4O6. The zero-order valence-corrected chi connectivity index (χ0v) is 20.0. The van der Waals surface area contributed by atoms with Crippen molar-refractivity contribution in [1.82, 2.24) is 20.4 Å². The number of furan rings is 1. The molecule has 3 heterocycles. The lowest BCUT2D eigenvalue weighted by Gasteiger charge is -2.27. The number of amides is 2. The maximum absolute atomic E-state index is 13.1. The van der Waals surface area contributed by atoms with Gasteiger partial charge in [-0.2, -0.15) is 5.10 Å². The Morgan fingerprint density at radius 1 is 1.11 bits per heavy atom. The molecule has 0 radical (unpaired) electrons. The lowest BCUT2D eigenvalue weighted by molar-refractivity contribution is -0.139. The number of hydrogen-bond acceptors (Lipinski definition) is 7. The van der Waals surface area contributed by atoms with Gasteiger partial charge in [0.05, 0.1) is 23.6 Å². The number of nitrogens with one attached hydrogen (secondary N) is 2. The maximum atomic E-state index is 13.1. The number of para-hydroxylation sites is 1. The van der Waals surface area contributed by atoms with Gasteiger partial charge in [0.25, 0.3) is 0 Å². The van der Waals surface area contributed by atoms with Crippen LogP contribution in [0.1, 0.15) is 52.7 Å². The van der Waals surface area contributed by atoms with Crippen molar-refractivity contribution < 1.29 is 28.3 Å². The summed E-state index contributed by atoms with van der Waals surface area (Å²) in [4.78, 5) is 38.4. The first-order chi connectivity index (χ1) is 17.5. The third-order valence-electron chi connectivity index (χ3n) is 6.17. The van der Waals surface area contributed by atoms with E-state index in [1.165, 1.54) is 0 Å². The molecule has 0 fully saturated rings. The van der Waals surface area contributed by atoms with Gasteiger partial charge in [0, 0.05) is 11.3 Å². The highest BCUT2D eigenvalue weighted by atomic mass is 16.5. The molecule has 10 nitrogen and oxygen atoms in total. The van der Waals surface area contributed by atoms with Crippen molar-refractivity contribution in [2.75, 3.05) is 13.2 Å². The van der Waals surface area contributed by atoms with Crippen LogP contribution in [0.3, 0.4) is 0 Å². The third kappa shape index (κ3) is 4.37. The average molecular weight is 491 g/mol. The van der Waals surface area contributed by atoms with E-state index in [4.69, 9.17) is 13.9 Å². The van der Waals surface area contributed by atoms with Gasteiger partial charge in [-0.05, 0) is 57.4 Å². The minimum Gasteiger partial charge on any atom is -0.464 e. The predicted octanol–water partition coefficient (Wildman–Crippen LogP) is 3.29. The van der Waals surface area contributed by atoms with Crippen LogP contribution < -0.4 is 10.6 Å². The summed E-state index contributed by atoms with van der Waals surface area (Å²) in [6.07, 6.45) is 2.46. The Labute approximate surface area is 207 Å². The molecule has 3 aromatic rings. The molecule has 0 bridgehead atoms. The number of nitrogens with zero attached hydrogens (tertiary/aromatic N) is 2. The number of carbonyl (C=O) groups excluding carboxylic acids is 3. The Hall–Kier alpha value is -4.34. The number of ether oxygens (including phenoxy) is 2. The molecule has 1 aliphatic carbocycles. The van der Waals surface area contributed by atoms with Gasteiger partial charge in [-0.15, -0.1) is 0 Å². The van der Waals surface area contributed by atoms with E-state index in [9.17, 15) is 14.4 Å². The van der Waals surface area contributed by atoms with Gasteiger partial charge in [-0.25, -0.2) is 19.1 Å². The van der Waals surface area contributed by atoms with Gasteiger partial charge in [-0.3, -0.25) is 0 Å². The summed E-state index contributed by atoms with van der Waals surface area (Å²) in [5.74, 6) is -0.286. The Morgan fingerprint density at radius 2 is 1.92 bits per heavy atom. The van der Waals surface area contributed by atoms with Crippen LogP contribution >= 0.6 is 0 Å². The lowest BCUT2D eigenvalue weighted by Crippen LogP contribution is -2.47. The van der Waals surface area contributed by atoms with Crippen molar-refractivity contribution >= 4 is 18.0 Å². The minimum atomic E-state index is -0.887. The Kier molecular flexibility index (Phi) is 6.32. The summed E-state index contributed by atoms with van der Waals surface area (Å²) < 4.78 is 18.3. The van der Waals surface area contributed by atoms with Crippen LogP contribution in [0.4, 0.5) is 4.79 Å². The normalized spacial score (nSPS) is 16.8. The maximum Gasteiger partial charge on any atom is 0.359 e. The second-order valence-electron chi connectivity index (χ2n) is 8.54. The summed E-state index contributed by atoms with van der Waals surface area (Å²) in [6.45, 7) is 3.23. The van der Waals surface area contributed by atoms with Crippen molar-refractivity contribution in [2.24, 2.45) is 0 Å². The highest BCUT2D eigenvalue weighted by Gasteiger charge is 2.36. The Balaban J connectivity index is 1.44. The third-order valence-corrected chi connectivity index (χ3v) is 6.17. The molecule has 0 saturated heterocycles. The molecule has 0 spiro atoms. The van der Waals surface area contributed by atoms with Crippen molar-refractivity contribution in [2.45, 2.75) is 39.2 Å². The summed E-state index contributed by atoms with van der Waals surface area (Å²) in [6, 6.07) is 11.6. The first-order valence-electron chi connectivity index (χ1n) is 11.8. The molecule has 1 aliphatic heterocycles. The van der Waals surface area contributed by atoms with Crippen molar-refractivity contribution in [1.29, 1.82) is 0 Å². The predicted molar refractivity (Wildman–Crippen MR) is 127 cm³/mol. The molecule has 186 valence electrons. The highest BCUT2D eigenvalue weighted by Crippen LogP contribution is 2.31. The van der Waals surface area contributed by atoms with Gasteiger partial charge < -0.3 is 24.5 Å². The first-order valence-corrected chi connectivity index (χ1v) is 11.8. The molecule has 2 aromatic heterocycles. The number of esters is 2. The minimum absolute atomic E-state index is 0.110. The fourth-order valence-corrected chi connectivity index (χ4v) is 4.59. The Bertz CT molecular complexity index is 1350. The van der Waals surface area contributed by atoms with Crippen molar-refractivity contribution in [3.63, 3.8) is 0 Å². The van der Waals surface area contributed by atoms with Crippen LogP contribution in [0.2, 0.25) is 0 Å². The largest absolute Gasteiger partial charge is 0.464 e. The van der Waals surface area contributed by atoms with Crippen LogP contribution in [0.15, 0.2) is 58.2 Å². The van der Waals surface area contributed by atoms with Crippen LogP contribution in [-0.2, 0) is 27.1 Å². The quantitative estimate of drug-likeness (QED) is 0.487. The first kappa shape index (κ1) is 23.4. The van der Waals surface area contributed by atoms with E-state index in [0.29, 0.717) is 11.5 Å². The highest BCUT2D eigenvalue weighted by molar-refractivity contribution is 5.95. The van der Waals surface area contributed by atoms with E-state index in [1.807, 2.05) is 30.3 Å². The number of benzene rings is 1. The monoisotopic (exact) mass is 490 g/mol. The molecule has 2 amide bonds. The van der Waals surface area contributed by atoms with E-state index >= 15 is 0 Å². The summed E-state index contributed by atoms with van der Waals surface area (Å²) >= 11 is 0. The van der Waals surface area contributed by atoms with Gasteiger partial charge in [0.15, 0.2) is 5.69 Å². The molecule has 1 unspecified atom stereocenters. The van der Waals surface area contributed by atoms with E-state index in [0.717, 1.165) is 36.2 Å². The number of hydrogen-bond donors (Lipinski definition) is 2. The molecule has 1 atom stereocenters. The number of aryl methyl sites for hydroxylation is 1. The second-order valence-corrected chi connectivity index (χ2v) is 8.54. The molecule has 2 N–H and O–H groups in total. The number of carbonyl (C=O) groups is 3. The smallest absolute Gasteiger partial charge is 0.359 e. The van der Waals surface area contributed by atoms with E-state index < -0.39 is 24.0 Å². The summed E-state index contributed by atoms with van der Waals surface area (Å²) in [5.41, 5.74) is 3.19. The average Bonchev–Trinajstić information content (AvgIpc) is 3.59. The fraction of sp³-hybridized carbons (Fsp3) is 0.308. The van der Waals surface area contributed by atoms with Crippen LogP contribution in [0, 0.1) is 6.92 Å². The summed E-state index contributed by atoms with van der Waals surface area (Å²) in [7, 11) is 0. The van der Waals surface area contributed by atoms with Crippen LogP contribution in [-0.4, -0.2) is 41.0 Å². The van der Waals surface area contributed by atoms with Crippen molar-refractivity contribution in [3.05, 3.63) is 82.2 Å². The van der Waals surface area contributed by atoms with Gasteiger partial charge in [-0.1, -0.05) is 18.2 Å². The van der Waals surface area contributed by atoms with E-state index in [2.05, 4.69) is 15.7 Å². The van der Waals surface area contributed by atoms with Gasteiger partial charge in [0.1, 0.15) is 24.2 Å². The number of aromatic nitrogens is 2. The van der Waals surface area contributed by atoms with Crippen molar-refractivity contribution in [3.8, 4) is 5.69 Å². The number of fused-ring (bicyclic) bond motifs is 1. The SMILES string of the molecule is CCOC(=O)C1=C(COC(=O)c2nn(-c3ccccc3)c3c2CCC3)NC(=O)NC1c1ccc(C)o1. The number of urea groups is 1. The summed E-state index contributed by atoms with van der Waals surface area (Å²) in [5, 5.41) is 9.82. The van der Waals surface area contributed by atoms with E-state index in [1.54, 1.807) is 30.7 Å². The molecule has 2 aliphatic rings. The zero-order chi connectivity index (χ0) is 25.2. The van der Waals surface area contributed by atoms with Gasteiger partial charge >= 0.3 is 18.0 Å². The fourth-order valence-electron chi connectivity index (χ4n) is 4.59. The standard InChI is InChI=1S/C26H26N4O6/c1-3-34-24(31)21-18(27-26(33)28-23(21)20-13-12-15(2)36-20)14-35-25(32)22-17-10-7-11-19(17)30(29-22)16-8-5-4-6-9-16/h4-6,8-9,12-13,23H,3,7,10-11,14H2,1-2H3,(H2,27,28,33). The Morgan fingerprint density at radius 3 is 2.64 bits per heavy atom. The van der Waals surface area contributed by atoms with Crippen LogP contribution in [0.5, 0.6) is 0 Å². The molecule has 0 saturated carbocycles. The van der Waals surface area contributed by atoms with Crippen LogP contribution in [0.25, 0.3) is 5.69 Å². The number of rotatable bonds is 7. The molecule has 1 aromatic carbocycles. The lowest BCUT2D eigenvalue weighted by atomic mass is 10.0. The molecule has 36 heavy (non-hydrogen) atoms. The molecule has 5 rings (SSSR count).